The van der Waals surface area contributed by atoms with E-state index in [4.69, 9.17) is 0 Å². The van der Waals surface area contributed by atoms with Crippen molar-refractivity contribution in [1.29, 1.82) is 0 Å². The lowest BCUT2D eigenvalue weighted by atomic mass is 9.92. The molecule has 30 heavy (non-hydrogen) atoms. The van der Waals surface area contributed by atoms with Crippen LogP contribution in [0.4, 0.5) is 0 Å². The topological polar surface area (TPSA) is 39.7 Å². The molecule has 1 aromatic heterocycles. The van der Waals surface area contributed by atoms with E-state index in [0.717, 1.165) is 45.6 Å². The standard InChI is InChI=1S/C25H34N4O/c1-27(18-21-7-3-2-4-8-21)25(30)23-10-6-14-29(20-23)24-11-15-28(16-12-24)19-22-9-5-13-26-17-22/h2-5,7-9,13,17,23-24H,6,10-12,14-16,18-20H2,1H3/t23-/m0/s1. The molecule has 5 heteroatoms. The molecule has 0 radical (unpaired) electrons. The molecule has 2 fully saturated rings. The molecule has 0 aliphatic carbocycles. The van der Waals surface area contributed by atoms with E-state index in [1.165, 1.54) is 24.0 Å². The lowest BCUT2D eigenvalue weighted by Gasteiger charge is -2.42. The molecule has 2 saturated heterocycles. The maximum absolute atomic E-state index is 13.1. The summed E-state index contributed by atoms with van der Waals surface area (Å²) >= 11 is 0. The zero-order chi connectivity index (χ0) is 20.8. The first-order valence-electron chi connectivity index (χ1n) is 11.3. The summed E-state index contributed by atoms with van der Waals surface area (Å²) < 4.78 is 0. The van der Waals surface area contributed by atoms with Crippen molar-refractivity contribution in [1.82, 2.24) is 19.7 Å². The van der Waals surface area contributed by atoms with Gasteiger partial charge in [-0.3, -0.25) is 19.6 Å². The number of amides is 1. The highest BCUT2D eigenvalue weighted by atomic mass is 16.2. The van der Waals surface area contributed by atoms with Crippen LogP contribution in [0.15, 0.2) is 54.9 Å². The highest BCUT2D eigenvalue weighted by Gasteiger charge is 2.32. The summed E-state index contributed by atoms with van der Waals surface area (Å²) in [7, 11) is 1.95. The lowest BCUT2D eigenvalue weighted by Crippen LogP contribution is -2.50. The van der Waals surface area contributed by atoms with Gasteiger partial charge in [-0.05, 0) is 62.5 Å². The van der Waals surface area contributed by atoms with Gasteiger partial charge in [0.15, 0.2) is 0 Å². The first-order valence-corrected chi connectivity index (χ1v) is 11.3. The van der Waals surface area contributed by atoms with Gasteiger partial charge in [-0.25, -0.2) is 0 Å². The number of likely N-dealkylation sites (tertiary alicyclic amines) is 2. The lowest BCUT2D eigenvalue weighted by molar-refractivity contribution is -0.137. The molecule has 5 nitrogen and oxygen atoms in total. The number of aromatic nitrogens is 1. The van der Waals surface area contributed by atoms with Crippen LogP contribution < -0.4 is 0 Å². The van der Waals surface area contributed by atoms with Crippen molar-refractivity contribution < 1.29 is 4.79 Å². The Morgan fingerprint density at radius 3 is 2.53 bits per heavy atom. The first-order chi connectivity index (χ1) is 14.7. The van der Waals surface area contributed by atoms with Gasteiger partial charge in [0.25, 0.3) is 0 Å². The van der Waals surface area contributed by atoms with E-state index in [-0.39, 0.29) is 5.92 Å². The highest BCUT2D eigenvalue weighted by Crippen LogP contribution is 2.26. The summed E-state index contributed by atoms with van der Waals surface area (Å²) in [4.78, 5) is 24.4. The van der Waals surface area contributed by atoms with Gasteiger partial charge in [0.1, 0.15) is 0 Å². The fourth-order valence-electron chi connectivity index (χ4n) is 4.98. The van der Waals surface area contributed by atoms with Crippen molar-refractivity contribution in [3.63, 3.8) is 0 Å². The number of benzene rings is 1. The normalized spacial score (nSPS) is 21.4. The fourth-order valence-corrected chi connectivity index (χ4v) is 4.98. The number of piperidine rings is 2. The van der Waals surface area contributed by atoms with Crippen LogP contribution >= 0.6 is 0 Å². The largest absolute Gasteiger partial charge is 0.341 e. The second-order valence-electron chi connectivity index (χ2n) is 8.88. The molecule has 1 atom stereocenters. The molecule has 2 aromatic rings. The van der Waals surface area contributed by atoms with Crippen LogP contribution in [-0.4, -0.2) is 64.9 Å². The number of carbonyl (C=O) groups excluding carboxylic acids is 1. The van der Waals surface area contributed by atoms with Crippen LogP contribution in [0.25, 0.3) is 0 Å². The number of carbonyl (C=O) groups is 1. The van der Waals surface area contributed by atoms with Gasteiger partial charge in [-0.2, -0.15) is 0 Å². The Bertz CT molecular complexity index is 789. The number of nitrogens with zero attached hydrogens (tertiary/aromatic N) is 4. The van der Waals surface area contributed by atoms with E-state index in [9.17, 15) is 4.79 Å². The van der Waals surface area contributed by atoms with Crippen molar-refractivity contribution in [2.24, 2.45) is 5.92 Å². The van der Waals surface area contributed by atoms with Crippen molar-refractivity contribution >= 4 is 5.91 Å². The molecule has 3 heterocycles. The maximum Gasteiger partial charge on any atom is 0.227 e. The molecule has 0 saturated carbocycles. The predicted octanol–water partition coefficient (Wildman–Crippen LogP) is 3.42. The summed E-state index contributed by atoms with van der Waals surface area (Å²) in [6.07, 6.45) is 8.35. The molecule has 0 unspecified atom stereocenters. The average Bonchev–Trinajstić information content (AvgIpc) is 2.80. The van der Waals surface area contributed by atoms with E-state index in [2.05, 4.69) is 33.0 Å². The summed E-state index contributed by atoms with van der Waals surface area (Å²) in [5, 5.41) is 0. The molecule has 160 valence electrons. The summed E-state index contributed by atoms with van der Waals surface area (Å²) in [6.45, 7) is 6.00. The van der Waals surface area contributed by atoms with Crippen molar-refractivity contribution in [2.45, 2.75) is 44.8 Å². The van der Waals surface area contributed by atoms with E-state index < -0.39 is 0 Å². The Labute approximate surface area is 180 Å². The molecule has 0 spiro atoms. The molecule has 0 bridgehead atoms. The third-order valence-corrected chi connectivity index (χ3v) is 6.64. The number of hydrogen-bond acceptors (Lipinski definition) is 4. The molecule has 2 aliphatic heterocycles. The third-order valence-electron chi connectivity index (χ3n) is 6.64. The minimum atomic E-state index is 0.140. The van der Waals surface area contributed by atoms with E-state index in [1.54, 1.807) is 0 Å². The van der Waals surface area contributed by atoms with Gasteiger partial charge in [0, 0.05) is 45.1 Å². The second-order valence-corrected chi connectivity index (χ2v) is 8.88. The molecule has 2 aliphatic rings. The van der Waals surface area contributed by atoms with E-state index in [0.29, 0.717) is 18.5 Å². The quantitative estimate of drug-likeness (QED) is 0.737. The SMILES string of the molecule is CN(Cc1ccccc1)C(=O)[C@H]1CCCN(C2CCN(Cc3cccnc3)CC2)C1. The zero-order valence-corrected chi connectivity index (χ0v) is 18.1. The van der Waals surface area contributed by atoms with Gasteiger partial charge in [0.05, 0.1) is 5.92 Å². The minimum Gasteiger partial charge on any atom is -0.341 e. The number of rotatable bonds is 6. The van der Waals surface area contributed by atoms with Crippen LogP contribution in [0.5, 0.6) is 0 Å². The molecule has 1 amide bonds. The Balaban J connectivity index is 1.26. The van der Waals surface area contributed by atoms with Crippen molar-refractivity contribution in [2.75, 3.05) is 33.2 Å². The van der Waals surface area contributed by atoms with Gasteiger partial charge < -0.3 is 4.90 Å². The Kier molecular flexibility index (Phi) is 7.13. The number of pyridine rings is 1. The average molecular weight is 407 g/mol. The molecule has 4 rings (SSSR count). The summed E-state index contributed by atoms with van der Waals surface area (Å²) in [6, 6.07) is 15.1. The maximum atomic E-state index is 13.1. The van der Waals surface area contributed by atoms with Gasteiger partial charge >= 0.3 is 0 Å². The van der Waals surface area contributed by atoms with Crippen LogP contribution in [0, 0.1) is 5.92 Å². The van der Waals surface area contributed by atoms with Crippen LogP contribution in [0.3, 0.4) is 0 Å². The van der Waals surface area contributed by atoms with Gasteiger partial charge in [-0.1, -0.05) is 36.4 Å². The van der Waals surface area contributed by atoms with Crippen LogP contribution in [-0.2, 0) is 17.9 Å². The molecule has 1 aromatic carbocycles. The summed E-state index contributed by atoms with van der Waals surface area (Å²) in [5.41, 5.74) is 2.49. The fraction of sp³-hybridized carbons (Fsp3) is 0.520. The second kappa shape index (κ2) is 10.2. The summed E-state index contributed by atoms with van der Waals surface area (Å²) in [5.74, 6) is 0.443. The highest BCUT2D eigenvalue weighted by molar-refractivity contribution is 5.79. The molecular formula is C25H34N4O. The number of hydrogen-bond donors (Lipinski definition) is 0. The third kappa shape index (κ3) is 5.46. The van der Waals surface area contributed by atoms with Crippen LogP contribution in [0.2, 0.25) is 0 Å². The first kappa shape index (κ1) is 21.0. The van der Waals surface area contributed by atoms with Crippen molar-refractivity contribution in [3.8, 4) is 0 Å². The van der Waals surface area contributed by atoms with Crippen LogP contribution in [0.1, 0.15) is 36.8 Å². The predicted molar refractivity (Wildman–Crippen MR) is 120 cm³/mol. The van der Waals surface area contributed by atoms with Crippen molar-refractivity contribution in [3.05, 3.63) is 66.0 Å². The zero-order valence-electron chi connectivity index (χ0n) is 18.1. The molecule has 0 N–H and O–H groups in total. The van der Waals surface area contributed by atoms with E-state index in [1.807, 2.05) is 48.6 Å². The van der Waals surface area contributed by atoms with E-state index >= 15 is 0 Å². The minimum absolute atomic E-state index is 0.140. The van der Waals surface area contributed by atoms with Gasteiger partial charge in [0.2, 0.25) is 5.91 Å². The van der Waals surface area contributed by atoms with Gasteiger partial charge in [-0.15, -0.1) is 0 Å². The monoisotopic (exact) mass is 406 g/mol. The Morgan fingerprint density at radius 2 is 1.80 bits per heavy atom. The molecular weight excluding hydrogens is 372 g/mol. The Hall–Kier alpha value is -2.24. The smallest absolute Gasteiger partial charge is 0.227 e. The Morgan fingerprint density at radius 1 is 1.03 bits per heavy atom.